The van der Waals surface area contributed by atoms with Gasteiger partial charge in [-0.3, -0.25) is 0 Å². The van der Waals surface area contributed by atoms with Crippen molar-refractivity contribution in [3.63, 3.8) is 0 Å². The van der Waals surface area contributed by atoms with Gasteiger partial charge in [-0.1, -0.05) is 6.42 Å². The Kier molecular flexibility index (Phi) is 4.04. The van der Waals surface area contributed by atoms with E-state index in [0.29, 0.717) is 0 Å². The molecule has 100 valence electrons. The number of esters is 1. The molecule has 0 saturated heterocycles. The van der Waals surface area contributed by atoms with Gasteiger partial charge in [0.05, 0.1) is 5.56 Å². The van der Waals surface area contributed by atoms with Crippen molar-refractivity contribution in [3.05, 3.63) is 17.0 Å². The van der Waals surface area contributed by atoms with Crippen molar-refractivity contribution >= 4 is 27.3 Å². The van der Waals surface area contributed by atoms with Gasteiger partial charge in [-0.25, -0.2) is 18.4 Å². The summed E-state index contributed by atoms with van der Waals surface area (Å²) >= 11 is 0.933. The second-order valence-corrected chi connectivity index (χ2v) is 7.06. The zero-order chi connectivity index (χ0) is 13.2. The number of hydrogen-bond acceptors (Lipinski definition) is 5. The quantitative estimate of drug-likeness (QED) is 0.861. The van der Waals surface area contributed by atoms with Gasteiger partial charge in [0.25, 0.3) is 0 Å². The number of sulfonamides is 1. The Balaban J connectivity index is 2.02. The Morgan fingerprint density at radius 1 is 1.33 bits per heavy atom. The zero-order valence-corrected chi connectivity index (χ0v) is 11.4. The lowest BCUT2D eigenvalue weighted by molar-refractivity contribution is 0.0211. The molecule has 1 heterocycles. The van der Waals surface area contributed by atoms with E-state index < -0.39 is 16.0 Å². The largest absolute Gasteiger partial charge is 0.459 e. The highest BCUT2D eigenvalue weighted by molar-refractivity contribution is 7.91. The third kappa shape index (κ3) is 3.30. The van der Waals surface area contributed by atoms with Crippen LogP contribution in [0.2, 0.25) is 0 Å². The highest BCUT2D eigenvalue weighted by Gasteiger charge is 2.21. The summed E-state index contributed by atoms with van der Waals surface area (Å²) in [7, 11) is -3.74. The van der Waals surface area contributed by atoms with E-state index in [4.69, 9.17) is 9.88 Å². The summed E-state index contributed by atoms with van der Waals surface area (Å²) in [6.45, 7) is 0. The monoisotopic (exact) mass is 289 g/mol. The molecule has 0 unspecified atom stereocenters. The van der Waals surface area contributed by atoms with Crippen LogP contribution in [-0.4, -0.2) is 20.5 Å². The first-order chi connectivity index (χ1) is 8.47. The minimum Gasteiger partial charge on any atom is -0.459 e. The third-order valence-electron chi connectivity index (χ3n) is 2.92. The molecule has 2 rings (SSSR count). The lowest BCUT2D eigenvalue weighted by Crippen LogP contribution is -2.20. The summed E-state index contributed by atoms with van der Waals surface area (Å²) < 4.78 is 27.5. The van der Waals surface area contributed by atoms with Gasteiger partial charge in [0.1, 0.15) is 10.3 Å². The topological polar surface area (TPSA) is 86.5 Å². The standard InChI is InChI=1S/C11H15NO4S2/c12-18(14,15)10-6-8(7-17-10)11(13)16-9-4-2-1-3-5-9/h6-7,9H,1-5H2,(H2,12,14,15). The Morgan fingerprint density at radius 2 is 2.00 bits per heavy atom. The molecule has 0 aromatic carbocycles. The van der Waals surface area contributed by atoms with E-state index in [1.807, 2.05) is 0 Å². The molecule has 1 aliphatic carbocycles. The number of ether oxygens (including phenoxy) is 1. The summed E-state index contributed by atoms with van der Waals surface area (Å²) in [5, 5.41) is 6.45. The highest BCUT2D eigenvalue weighted by atomic mass is 32.2. The predicted octanol–water partition coefficient (Wildman–Crippen LogP) is 1.89. The lowest BCUT2D eigenvalue weighted by Gasteiger charge is -2.21. The van der Waals surface area contributed by atoms with Crippen molar-refractivity contribution in [3.8, 4) is 0 Å². The van der Waals surface area contributed by atoms with Crippen LogP contribution in [0.15, 0.2) is 15.7 Å². The minimum absolute atomic E-state index is 0.0157. The summed E-state index contributed by atoms with van der Waals surface area (Å²) in [6, 6.07) is 1.27. The molecule has 7 heteroatoms. The molecule has 0 bridgehead atoms. The van der Waals surface area contributed by atoms with Crippen molar-refractivity contribution < 1.29 is 17.9 Å². The fourth-order valence-electron chi connectivity index (χ4n) is 1.98. The first kappa shape index (κ1) is 13.5. The fraction of sp³-hybridized carbons (Fsp3) is 0.545. The summed E-state index contributed by atoms with van der Waals surface area (Å²) in [5.41, 5.74) is 0.259. The molecular weight excluding hydrogens is 274 g/mol. The number of carbonyl (C=O) groups excluding carboxylic acids is 1. The Morgan fingerprint density at radius 3 is 2.56 bits per heavy atom. The summed E-state index contributed by atoms with van der Waals surface area (Å²) in [5.74, 6) is -0.465. The molecule has 0 amide bonds. The molecule has 1 saturated carbocycles. The van der Waals surface area contributed by atoms with Crippen LogP contribution in [0.5, 0.6) is 0 Å². The molecule has 1 aromatic rings. The summed E-state index contributed by atoms with van der Waals surface area (Å²) in [4.78, 5) is 11.8. The van der Waals surface area contributed by atoms with Crippen molar-refractivity contribution in [2.45, 2.75) is 42.4 Å². The lowest BCUT2D eigenvalue weighted by atomic mass is 9.98. The maximum atomic E-state index is 11.8. The van der Waals surface area contributed by atoms with Crippen molar-refractivity contribution in [1.29, 1.82) is 0 Å². The van der Waals surface area contributed by atoms with Gasteiger partial charge in [0.2, 0.25) is 10.0 Å². The van der Waals surface area contributed by atoms with Crippen molar-refractivity contribution in [1.82, 2.24) is 0 Å². The van der Waals surface area contributed by atoms with Crippen LogP contribution in [0.25, 0.3) is 0 Å². The maximum Gasteiger partial charge on any atom is 0.339 e. The normalized spacial score (nSPS) is 17.6. The average Bonchev–Trinajstić information content (AvgIpc) is 2.79. The number of thiophene rings is 1. The Bertz CT molecular complexity index is 529. The predicted molar refractivity (Wildman–Crippen MR) is 68.0 cm³/mol. The van der Waals surface area contributed by atoms with Crippen LogP contribution in [-0.2, 0) is 14.8 Å². The maximum absolute atomic E-state index is 11.8. The second kappa shape index (κ2) is 5.38. The molecule has 18 heavy (non-hydrogen) atoms. The highest BCUT2D eigenvalue weighted by Crippen LogP contribution is 2.24. The van der Waals surface area contributed by atoms with E-state index in [9.17, 15) is 13.2 Å². The number of rotatable bonds is 3. The first-order valence-electron chi connectivity index (χ1n) is 5.79. The number of primary sulfonamides is 1. The number of carbonyl (C=O) groups is 1. The Labute approximate surface area is 110 Å². The zero-order valence-electron chi connectivity index (χ0n) is 9.79. The van der Waals surface area contributed by atoms with Gasteiger partial charge in [0, 0.05) is 5.38 Å². The van der Waals surface area contributed by atoms with Gasteiger partial charge in [0.15, 0.2) is 0 Å². The minimum atomic E-state index is -3.74. The molecule has 1 aromatic heterocycles. The van der Waals surface area contributed by atoms with Crippen LogP contribution in [0.4, 0.5) is 0 Å². The SMILES string of the molecule is NS(=O)(=O)c1cc(C(=O)OC2CCCCC2)cs1. The molecule has 0 spiro atoms. The van der Waals surface area contributed by atoms with E-state index >= 15 is 0 Å². The van der Waals surface area contributed by atoms with E-state index in [2.05, 4.69) is 0 Å². The molecular formula is C11H15NO4S2. The molecule has 1 aliphatic rings. The van der Waals surface area contributed by atoms with Gasteiger partial charge in [-0.05, 0) is 31.7 Å². The molecule has 0 aliphatic heterocycles. The van der Waals surface area contributed by atoms with Crippen LogP contribution < -0.4 is 5.14 Å². The fourth-order valence-corrected chi connectivity index (χ4v) is 3.55. The van der Waals surface area contributed by atoms with Crippen molar-refractivity contribution in [2.24, 2.45) is 5.14 Å². The number of nitrogens with two attached hydrogens (primary N) is 1. The van der Waals surface area contributed by atoms with Crippen LogP contribution in [0.3, 0.4) is 0 Å². The molecule has 0 radical (unpaired) electrons. The van der Waals surface area contributed by atoms with Gasteiger partial charge in [-0.15, -0.1) is 11.3 Å². The van der Waals surface area contributed by atoms with Crippen LogP contribution >= 0.6 is 11.3 Å². The van der Waals surface area contributed by atoms with Crippen LogP contribution in [0.1, 0.15) is 42.5 Å². The van der Waals surface area contributed by atoms with E-state index in [0.717, 1.165) is 37.0 Å². The second-order valence-electron chi connectivity index (χ2n) is 4.36. The molecule has 1 fully saturated rings. The smallest absolute Gasteiger partial charge is 0.339 e. The first-order valence-corrected chi connectivity index (χ1v) is 8.22. The van der Waals surface area contributed by atoms with E-state index in [1.54, 1.807) is 0 Å². The Hall–Kier alpha value is -0.920. The van der Waals surface area contributed by atoms with Gasteiger partial charge in [-0.2, -0.15) is 0 Å². The number of hydrogen-bond donors (Lipinski definition) is 1. The van der Waals surface area contributed by atoms with E-state index in [-0.39, 0.29) is 15.9 Å². The van der Waals surface area contributed by atoms with Crippen LogP contribution in [0, 0.1) is 0 Å². The van der Waals surface area contributed by atoms with Gasteiger partial charge < -0.3 is 4.74 Å². The molecule has 0 atom stereocenters. The average molecular weight is 289 g/mol. The van der Waals surface area contributed by atoms with Gasteiger partial charge >= 0.3 is 5.97 Å². The summed E-state index contributed by atoms with van der Waals surface area (Å²) in [6.07, 6.45) is 5.07. The van der Waals surface area contributed by atoms with Crippen molar-refractivity contribution in [2.75, 3.05) is 0 Å². The molecule has 5 nitrogen and oxygen atoms in total. The van der Waals surface area contributed by atoms with E-state index in [1.165, 1.54) is 17.9 Å². The third-order valence-corrected chi connectivity index (χ3v) is 5.30. The molecule has 2 N–H and O–H groups in total.